The van der Waals surface area contributed by atoms with E-state index in [9.17, 15) is 9.59 Å². The van der Waals surface area contributed by atoms with Crippen LogP contribution in [0.2, 0.25) is 5.02 Å². The molecule has 1 amide bonds. The number of ether oxygens (including phenoxy) is 1. The van der Waals surface area contributed by atoms with Crippen molar-refractivity contribution in [3.63, 3.8) is 0 Å². The highest BCUT2D eigenvalue weighted by atomic mass is 35.5. The molecule has 130 valence electrons. The van der Waals surface area contributed by atoms with Gasteiger partial charge >= 0.3 is 5.97 Å². The number of nitrogens with zero attached hydrogens (tertiary/aromatic N) is 1. The fourth-order valence-electron chi connectivity index (χ4n) is 3.04. The quantitative estimate of drug-likeness (QED) is 0.577. The summed E-state index contributed by atoms with van der Waals surface area (Å²) in [4.78, 5) is 26.2. The maximum absolute atomic E-state index is 12.7. The number of halogens is 1. The van der Waals surface area contributed by atoms with Crippen LogP contribution < -0.4 is 0 Å². The van der Waals surface area contributed by atoms with E-state index in [4.69, 9.17) is 16.3 Å². The molecule has 1 aliphatic carbocycles. The number of esters is 1. The molecule has 0 aliphatic heterocycles. The molecule has 0 heterocycles. The largest absolute Gasteiger partial charge is 0.469 e. The molecule has 0 spiro atoms. The van der Waals surface area contributed by atoms with Crippen molar-refractivity contribution >= 4 is 29.6 Å². The minimum atomic E-state index is -0.330. The number of amides is 1. The first-order chi connectivity index (χ1) is 11.5. The lowest BCUT2D eigenvalue weighted by atomic mass is 10.1. The van der Waals surface area contributed by atoms with Crippen molar-refractivity contribution in [3.8, 4) is 0 Å². The Kier molecular flexibility index (Phi) is 6.85. The van der Waals surface area contributed by atoms with E-state index >= 15 is 0 Å². The minimum absolute atomic E-state index is 0.0624. The van der Waals surface area contributed by atoms with Gasteiger partial charge in [-0.3, -0.25) is 9.59 Å². The van der Waals surface area contributed by atoms with E-state index in [1.165, 1.54) is 7.11 Å². The number of rotatable bonds is 6. The van der Waals surface area contributed by atoms with E-state index in [-0.39, 0.29) is 23.8 Å². The Hall–Kier alpha value is -1.81. The molecule has 1 atom stereocenters. The predicted molar refractivity (Wildman–Crippen MR) is 95.6 cm³/mol. The van der Waals surface area contributed by atoms with Crippen molar-refractivity contribution in [3.05, 3.63) is 40.9 Å². The van der Waals surface area contributed by atoms with Crippen LogP contribution in [0.1, 0.15) is 38.2 Å². The SMILES string of the molecule is COC(=O)C(C)CN(C(=O)/C=C/c1ccc(Cl)cc1)C1CCCC1. The second-order valence-electron chi connectivity index (χ2n) is 6.24. The summed E-state index contributed by atoms with van der Waals surface area (Å²) in [7, 11) is 1.38. The van der Waals surface area contributed by atoms with Gasteiger partial charge in [0.1, 0.15) is 0 Å². The fourth-order valence-corrected chi connectivity index (χ4v) is 3.17. The number of carbonyl (C=O) groups is 2. The molecule has 1 unspecified atom stereocenters. The van der Waals surface area contributed by atoms with Gasteiger partial charge in [-0.1, -0.05) is 43.5 Å². The third-order valence-electron chi connectivity index (χ3n) is 4.41. The molecule has 1 fully saturated rings. The van der Waals surface area contributed by atoms with Gasteiger partial charge in [0.25, 0.3) is 0 Å². The van der Waals surface area contributed by atoms with Gasteiger partial charge in [0.15, 0.2) is 0 Å². The first kappa shape index (κ1) is 18.5. The maximum Gasteiger partial charge on any atom is 0.310 e. The average Bonchev–Trinajstić information content (AvgIpc) is 3.12. The van der Waals surface area contributed by atoms with Crippen LogP contribution >= 0.6 is 11.6 Å². The Morgan fingerprint density at radius 1 is 1.29 bits per heavy atom. The second-order valence-corrected chi connectivity index (χ2v) is 6.67. The standard InChI is InChI=1S/C19H24ClNO3/c1-14(19(23)24-2)13-21(17-5-3-4-6-17)18(22)12-9-15-7-10-16(20)11-8-15/h7-12,14,17H,3-6,13H2,1-2H3/b12-9+. The molecule has 1 saturated carbocycles. The Morgan fingerprint density at radius 3 is 2.50 bits per heavy atom. The lowest BCUT2D eigenvalue weighted by molar-refractivity contribution is -0.146. The van der Waals surface area contributed by atoms with Crippen LogP contribution in [0.3, 0.4) is 0 Å². The Labute approximate surface area is 148 Å². The van der Waals surface area contributed by atoms with Gasteiger partial charge in [0, 0.05) is 23.7 Å². The van der Waals surface area contributed by atoms with Gasteiger partial charge in [0.2, 0.25) is 5.91 Å². The number of hydrogen-bond acceptors (Lipinski definition) is 3. The fraction of sp³-hybridized carbons (Fsp3) is 0.474. The van der Waals surface area contributed by atoms with Crippen LogP contribution in [-0.2, 0) is 14.3 Å². The Bertz CT molecular complexity index is 591. The molecule has 5 heteroatoms. The summed E-state index contributed by atoms with van der Waals surface area (Å²) in [6, 6.07) is 7.52. The topological polar surface area (TPSA) is 46.6 Å². The third kappa shape index (κ3) is 5.10. The van der Waals surface area contributed by atoms with Crippen molar-refractivity contribution in [1.82, 2.24) is 4.90 Å². The van der Waals surface area contributed by atoms with Crippen molar-refractivity contribution in [1.29, 1.82) is 0 Å². The lowest BCUT2D eigenvalue weighted by Gasteiger charge is -2.29. The lowest BCUT2D eigenvalue weighted by Crippen LogP contribution is -2.42. The van der Waals surface area contributed by atoms with Crippen molar-refractivity contribution in [2.24, 2.45) is 5.92 Å². The summed E-state index contributed by atoms with van der Waals surface area (Å²) in [5, 5.41) is 0.665. The molecule has 24 heavy (non-hydrogen) atoms. The van der Waals surface area contributed by atoms with Crippen LogP contribution in [0.15, 0.2) is 30.3 Å². The number of benzene rings is 1. The molecule has 1 aromatic carbocycles. The Balaban J connectivity index is 2.08. The van der Waals surface area contributed by atoms with Crippen LogP contribution in [0.4, 0.5) is 0 Å². The van der Waals surface area contributed by atoms with Gasteiger partial charge in [-0.05, 0) is 36.6 Å². The van der Waals surface area contributed by atoms with Gasteiger partial charge in [-0.25, -0.2) is 0 Å². The van der Waals surface area contributed by atoms with E-state index < -0.39 is 0 Å². The summed E-state index contributed by atoms with van der Waals surface area (Å²) in [6.45, 7) is 2.19. The minimum Gasteiger partial charge on any atom is -0.469 e. The highest BCUT2D eigenvalue weighted by molar-refractivity contribution is 6.30. The smallest absolute Gasteiger partial charge is 0.310 e. The van der Waals surface area contributed by atoms with Crippen LogP contribution in [-0.4, -0.2) is 36.5 Å². The third-order valence-corrected chi connectivity index (χ3v) is 4.66. The zero-order valence-corrected chi connectivity index (χ0v) is 15.0. The van der Waals surface area contributed by atoms with Crippen molar-refractivity contribution in [2.45, 2.75) is 38.6 Å². The zero-order chi connectivity index (χ0) is 17.5. The first-order valence-electron chi connectivity index (χ1n) is 8.33. The van der Waals surface area contributed by atoms with E-state index in [0.717, 1.165) is 31.2 Å². The van der Waals surface area contributed by atoms with Crippen molar-refractivity contribution in [2.75, 3.05) is 13.7 Å². The van der Waals surface area contributed by atoms with Gasteiger partial charge in [0.05, 0.1) is 13.0 Å². The monoisotopic (exact) mass is 349 g/mol. The summed E-state index contributed by atoms with van der Waals surface area (Å²) in [5.41, 5.74) is 0.917. The first-order valence-corrected chi connectivity index (χ1v) is 8.71. The van der Waals surface area contributed by atoms with E-state index in [1.54, 1.807) is 31.2 Å². The molecule has 0 bridgehead atoms. The molecule has 2 rings (SSSR count). The summed E-state index contributed by atoms with van der Waals surface area (Å²) in [5.74, 6) is -0.677. The summed E-state index contributed by atoms with van der Waals surface area (Å²) in [6.07, 6.45) is 7.60. The van der Waals surface area contributed by atoms with Gasteiger partial charge < -0.3 is 9.64 Å². The maximum atomic E-state index is 12.7. The van der Waals surface area contributed by atoms with E-state index in [1.807, 2.05) is 17.0 Å². The molecule has 0 aromatic heterocycles. The normalized spacial score (nSPS) is 16.3. The van der Waals surface area contributed by atoms with Gasteiger partial charge in [-0.2, -0.15) is 0 Å². The highest BCUT2D eigenvalue weighted by Gasteiger charge is 2.28. The molecular weight excluding hydrogens is 326 g/mol. The van der Waals surface area contributed by atoms with Crippen LogP contribution in [0, 0.1) is 5.92 Å². The summed E-state index contributed by atoms with van der Waals surface area (Å²) < 4.78 is 4.79. The highest BCUT2D eigenvalue weighted by Crippen LogP contribution is 2.25. The molecular formula is C19H24ClNO3. The van der Waals surface area contributed by atoms with E-state index in [0.29, 0.717) is 11.6 Å². The van der Waals surface area contributed by atoms with E-state index in [2.05, 4.69) is 0 Å². The van der Waals surface area contributed by atoms with Gasteiger partial charge in [-0.15, -0.1) is 0 Å². The summed E-state index contributed by atoms with van der Waals surface area (Å²) >= 11 is 5.87. The second kappa shape index (κ2) is 8.88. The molecule has 0 radical (unpaired) electrons. The predicted octanol–water partition coefficient (Wildman–Crippen LogP) is 3.93. The molecule has 0 saturated heterocycles. The molecule has 1 aromatic rings. The molecule has 4 nitrogen and oxygen atoms in total. The number of hydrogen-bond donors (Lipinski definition) is 0. The van der Waals surface area contributed by atoms with Crippen molar-refractivity contribution < 1.29 is 14.3 Å². The molecule has 0 N–H and O–H groups in total. The number of methoxy groups -OCH3 is 1. The average molecular weight is 350 g/mol. The number of carbonyl (C=O) groups excluding carboxylic acids is 2. The van der Waals surface area contributed by atoms with Crippen LogP contribution in [0.5, 0.6) is 0 Å². The Morgan fingerprint density at radius 2 is 1.92 bits per heavy atom. The zero-order valence-electron chi connectivity index (χ0n) is 14.2. The van der Waals surface area contributed by atoms with Crippen LogP contribution in [0.25, 0.3) is 6.08 Å². The molecule has 1 aliphatic rings.